The van der Waals surface area contributed by atoms with E-state index in [1.807, 2.05) is 0 Å². The Bertz CT molecular complexity index is 646. The van der Waals surface area contributed by atoms with Gasteiger partial charge in [0.25, 0.3) is 10.0 Å². The lowest BCUT2D eigenvalue weighted by Gasteiger charge is -2.28. The van der Waals surface area contributed by atoms with Gasteiger partial charge in [0.05, 0.1) is 0 Å². The van der Waals surface area contributed by atoms with Crippen molar-refractivity contribution in [1.29, 1.82) is 0 Å². The molecule has 1 fully saturated rings. The first-order chi connectivity index (χ1) is 9.72. The van der Waals surface area contributed by atoms with Crippen LogP contribution in [0.15, 0.2) is 9.00 Å². The molecule has 0 spiro atoms. The number of aromatic nitrogens is 1. The minimum Gasteiger partial charge on any atom is -0.315 e. The standard InChI is InChI=1S/C13H23N3O3S2/c1-9-11(20-12(17)16-9)21(18,19)15-8-7-14-10-5-4-6-13(10,2)3/h10,14-15H,4-8H2,1-3H3,(H,16,17)/t10-/m1/s1. The van der Waals surface area contributed by atoms with Gasteiger partial charge in [-0.05, 0) is 25.2 Å². The minimum atomic E-state index is -3.60. The molecule has 0 unspecified atom stereocenters. The predicted molar refractivity (Wildman–Crippen MR) is 84.3 cm³/mol. The van der Waals surface area contributed by atoms with Crippen molar-refractivity contribution in [2.24, 2.45) is 5.41 Å². The maximum absolute atomic E-state index is 12.1. The molecule has 1 aromatic rings. The van der Waals surface area contributed by atoms with Crippen molar-refractivity contribution in [2.75, 3.05) is 13.1 Å². The van der Waals surface area contributed by atoms with Crippen LogP contribution in [0.1, 0.15) is 38.8 Å². The Balaban J connectivity index is 1.86. The first-order valence-electron chi connectivity index (χ1n) is 7.15. The number of H-pyrrole nitrogens is 1. The Labute approximate surface area is 129 Å². The van der Waals surface area contributed by atoms with Crippen molar-refractivity contribution in [3.63, 3.8) is 0 Å². The number of aryl methyl sites for hydroxylation is 1. The van der Waals surface area contributed by atoms with E-state index in [2.05, 4.69) is 28.9 Å². The lowest BCUT2D eigenvalue weighted by atomic mass is 9.87. The second kappa shape index (κ2) is 6.20. The van der Waals surface area contributed by atoms with E-state index < -0.39 is 10.0 Å². The Morgan fingerprint density at radius 2 is 2.10 bits per heavy atom. The zero-order chi connectivity index (χ0) is 15.7. The molecule has 0 radical (unpaired) electrons. The molecule has 1 aliphatic rings. The summed E-state index contributed by atoms with van der Waals surface area (Å²) in [6, 6.07) is 0.437. The number of hydrogen-bond acceptors (Lipinski definition) is 5. The largest absolute Gasteiger partial charge is 0.315 e. The fraction of sp³-hybridized carbons (Fsp3) is 0.769. The molecule has 1 atom stereocenters. The van der Waals surface area contributed by atoms with Gasteiger partial charge in [0.2, 0.25) is 0 Å². The second-order valence-electron chi connectivity index (χ2n) is 6.21. The van der Waals surface area contributed by atoms with E-state index in [4.69, 9.17) is 0 Å². The van der Waals surface area contributed by atoms with Crippen LogP contribution in [0, 0.1) is 12.3 Å². The van der Waals surface area contributed by atoms with Crippen LogP contribution < -0.4 is 14.9 Å². The van der Waals surface area contributed by atoms with Crippen molar-refractivity contribution in [1.82, 2.24) is 15.0 Å². The third-order valence-electron chi connectivity index (χ3n) is 4.09. The minimum absolute atomic E-state index is 0.0775. The molecule has 2 rings (SSSR count). The van der Waals surface area contributed by atoms with E-state index in [0.717, 1.165) is 17.8 Å². The van der Waals surface area contributed by atoms with Crippen LogP contribution in [-0.2, 0) is 10.0 Å². The highest BCUT2D eigenvalue weighted by Gasteiger charge is 2.33. The third kappa shape index (κ3) is 3.94. The van der Waals surface area contributed by atoms with E-state index in [0.29, 0.717) is 24.8 Å². The Hall–Kier alpha value is -0.700. The lowest BCUT2D eigenvalue weighted by Crippen LogP contribution is -2.41. The number of nitrogens with one attached hydrogen (secondary N) is 3. The maximum Gasteiger partial charge on any atom is 0.305 e. The Kier molecular flexibility index (Phi) is 4.92. The van der Waals surface area contributed by atoms with Crippen molar-refractivity contribution in [3.8, 4) is 0 Å². The van der Waals surface area contributed by atoms with Crippen molar-refractivity contribution in [3.05, 3.63) is 15.4 Å². The first kappa shape index (κ1) is 16.7. The van der Waals surface area contributed by atoms with Crippen LogP contribution in [0.4, 0.5) is 0 Å². The van der Waals surface area contributed by atoms with Crippen LogP contribution in [0.5, 0.6) is 0 Å². The van der Waals surface area contributed by atoms with Gasteiger partial charge in [-0.3, -0.25) is 4.79 Å². The van der Waals surface area contributed by atoms with Gasteiger partial charge in [-0.25, -0.2) is 13.1 Å². The monoisotopic (exact) mass is 333 g/mol. The van der Waals surface area contributed by atoms with Crippen molar-refractivity contribution in [2.45, 2.75) is 50.3 Å². The van der Waals surface area contributed by atoms with E-state index in [9.17, 15) is 13.2 Å². The summed E-state index contributed by atoms with van der Waals surface area (Å²) in [6.45, 7) is 6.98. The zero-order valence-electron chi connectivity index (χ0n) is 12.7. The lowest BCUT2D eigenvalue weighted by molar-refractivity contribution is 0.285. The molecular weight excluding hydrogens is 310 g/mol. The van der Waals surface area contributed by atoms with Crippen LogP contribution in [-0.4, -0.2) is 32.5 Å². The SMILES string of the molecule is Cc1[nH]c(=O)sc1S(=O)(=O)NCCN[C@@H]1CCCC1(C)C. The summed E-state index contributed by atoms with van der Waals surface area (Å²) in [5.41, 5.74) is 0.665. The van der Waals surface area contributed by atoms with Gasteiger partial charge in [0.1, 0.15) is 0 Å². The summed E-state index contributed by atoms with van der Waals surface area (Å²) in [4.78, 5) is 13.3. The molecule has 1 aliphatic carbocycles. The average molecular weight is 333 g/mol. The highest BCUT2D eigenvalue weighted by molar-refractivity contribution is 7.91. The molecule has 0 amide bonds. The predicted octanol–water partition coefficient (Wildman–Crippen LogP) is 1.19. The normalized spacial score (nSPS) is 21.8. The highest BCUT2D eigenvalue weighted by atomic mass is 32.2. The van der Waals surface area contributed by atoms with E-state index in [1.54, 1.807) is 6.92 Å². The molecule has 1 heterocycles. The smallest absolute Gasteiger partial charge is 0.305 e. The number of hydrogen-bond donors (Lipinski definition) is 3. The molecule has 0 saturated heterocycles. The van der Waals surface area contributed by atoms with Gasteiger partial charge in [0.15, 0.2) is 4.21 Å². The second-order valence-corrected chi connectivity index (χ2v) is 9.16. The molecule has 8 heteroatoms. The fourth-order valence-electron chi connectivity index (χ4n) is 2.85. The molecule has 1 saturated carbocycles. The van der Waals surface area contributed by atoms with Gasteiger partial charge < -0.3 is 10.3 Å². The van der Waals surface area contributed by atoms with Gasteiger partial charge in [0, 0.05) is 24.8 Å². The first-order valence-corrected chi connectivity index (χ1v) is 9.45. The molecule has 1 aromatic heterocycles. The van der Waals surface area contributed by atoms with E-state index >= 15 is 0 Å². The highest BCUT2D eigenvalue weighted by Crippen LogP contribution is 2.36. The van der Waals surface area contributed by atoms with Crippen molar-refractivity contribution >= 4 is 21.4 Å². The summed E-state index contributed by atoms with van der Waals surface area (Å²) in [6.07, 6.45) is 3.55. The van der Waals surface area contributed by atoms with E-state index in [1.165, 1.54) is 12.8 Å². The summed E-state index contributed by atoms with van der Waals surface area (Å²) in [5.74, 6) is 0. The molecule has 6 nitrogen and oxygen atoms in total. The molecular formula is C13H23N3O3S2. The number of rotatable bonds is 6. The molecule has 3 N–H and O–H groups in total. The summed E-state index contributed by atoms with van der Waals surface area (Å²) < 4.78 is 26.8. The quantitative estimate of drug-likeness (QED) is 0.682. The van der Waals surface area contributed by atoms with Crippen LogP contribution in [0.3, 0.4) is 0 Å². The Morgan fingerprint density at radius 1 is 1.38 bits per heavy atom. The van der Waals surface area contributed by atoms with Gasteiger partial charge in [-0.2, -0.15) is 0 Å². The molecule has 120 valence electrons. The van der Waals surface area contributed by atoms with Crippen LogP contribution >= 0.6 is 11.3 Å². The van der Waals surface area contributed by atoms with Gasteiger partial charge in [-0.1, -0.05) is 31.6 Å². The summed E-state index contributed by atoms with van der Waals surface area (Å²) in [5, 5.41) is 3.42. The topological polar surface area (TPSA) is 91.1 Å². The molecule has 0 bridgehead atoms. The average Bonchev–Trinajstić information content (AvgIpc) is 2.87. The van der Waals surface area contributed by atoms with Gasteiger partial charge in [-0.15, -0.1) is 0 Å². The maximum atomic E-state index is 12.1. The van der Waals surface area contributed by atoms with Crippen LogP contribution in [0.25, 0.3) is 0 Å². The van der Waals surface area contributed by atoms with Crippen molar-refractivity contribution < 1.29 is 8.42 Å². The zero-order valence-corrected chi connectivity index (χ0v) is 14.3. The number of sulfonamides is 1. The fourth-order valence-corrected chi connectivity index (χ4v) is 5.22. The molecule has 0 aromatic carbocycles. The summed E-state index contributed by atoms with van der Waals surface area (Å²) >= 11 is 0.722. The van der Waals surface area contributed by atoms with E-state index in [-0.39, 0.29) is 14.5 Å². The Morgan fingerprint density at radius 3 is 2.62 bits per heavy atom. The summed E-state index contributed by atoms with van der Waals surface area (Å²) in [7, 11) is -3.60. The number of thiazole rings is 1. The third-order valence-corrected chi connectivity index (χ3v) is 7.16. The molecule has 0 aliphatic heterocycles. The number of aromatic amines is 1. The van der Waals surface area contributed by atoms with Gasteiger partial charge >= 0.3 is 4.87 Å². The molecule has 21 heavy (non-hydrogen) atoms. The van der Waals surface area contributed by atoms with Crippen LogP contribution in [0.2, 0.25) is 0 Å².